The Hall–Kier alpha value is -0.0400. The lowest BCUT2D eigenvalue weighted by Crippen LogP contribution is -2.45. The molecule has 0 aromatic carbocycles. The van der Waals surface area contributed by atoms with Gasteiger partial charge in [-0.05, 0) is 29.6 Å². The molecule has 2 unspecified atom stereocenters. The summed E-state index contributed by atoms with van der Waals surface area (Å²) >= 11 is 0. The monoisotopic (exact) mass is 214 g/mol. The second kappa shape index (κ2) is 4.45. The van der Waals surface area contributed by atoms with E-state index in [0.717, 1.165) is 12.8 Å². The lowest BCUT2D eigenvalue weighted by Gasteiger charge is -2.44. The summed E-state index contributed by atoms with van der Waals surface area (Å²) in [5.74, 6) is 0.529. The van der Waals surface area contributed by atoms with E-state index in [1.165, 1.54) is 0 Å². The largest absolute Gasteiger partial charge is 0.389 e. The molecule has 0 aromatic rings. The fourth-order valence-corrected chi connectivity index (χ4v) is 1.79. The van der Waals surface area contributed by atoms with Crippen molar-refractivity contribution in [1.82, 2.24) is 0 Å². The Morgan fingerprint density at radius 3 is 1.60 bits per heavy atom. The molecule has 0 aromatic heterocycles. The van der Waals surface area contributed by atoms with Gasteiger partial charge in [0.15, 0.2) is 0 Å². The van der Waals surface area contributed by atoms with E-state index in [1.54, 1.807) is 0 Å². The van der Waals surface area contributed by atoms with Gasteiger partial charge in [0.1, 0.15) is 0 Å². The Labute approximate surface area is 96.3 Å². The first kappa shape index (κ1) is 15.0. The molecule has 0 heterocycles. The van der Waals surface area contributed by atoms with Crippen LogP contribution in [0.4, 0.5) is 0 Å². The zero-order chi connectivity index (χ0) is 12.5. The SMILES string of the molecule is CCC(O)(CC(C)C(C)(C)C)C(C)(C)C. The van der Waals surface area contributed by atoms with Crippen LogP contribution in [0.25, 0.3) is 0 Å². The molecule has 0 saturated carbocycles. The third-order valence-electron chi connectivity index (χ3n) is 4.10. The normalized spacial score (nSPS) is 19.8. The molecule has 0 aliphatic carbocycles. The highest BCUT2D eigenvalue weighted by atomic mass is 16.3. The summed E-state index contributed by atoms with van der Waals surface area (Å²) in [5.41, 5.74) is -0.310. The summed E-state index contributed by atoms with van der Waals surface area (Å²) in [6.07, 6.45) is 1.72. The van der Waals surface area contributed by atoms with Crippen molar-refractivity contribution in [3.05, 3.63) is 0 Å². The van der Waals surface area contributed by atoms with E-state index in [2.05, 4.69) is 55.4 Å². The van der Waals surface area contributed by atoms with Gasteiger partial charge in [0, 0.05) is 0 Å². The van der Waals surface area contributed by atoms with Crippen LogP contribution in [0.5, 0.6) is 0 Å². The fraction of sp³-hybridized carbons (Fsp3) is 1.00. The summed E-state index contributed by atoms with van der Waals surface area (Å²) in [6, 6.07) is 0. The molecule has 0 fully saturated rings. The van der Waals surface area contributed by atoms with E-state index in [0.29, 0.717) is 5.92 Å². The van der Waals surface area contributed by atoms with Crippen molar-refractivity contribution in [2.75, 3.05) is 0 Å². The van der Waals surface area contributed by atoms with Crippen LogP contribution in [0, 0.1) is 16.7 Å². The second-order valence-electron chi connectivity index (χ2n) is 7.11. The van der Waals surface area contributed by atoms with E-state index in [9.17, 15) is 5.11 Å². The minimum atomic E-state index is -0.542. The van der Waals surface area contributed by atoms with Gasteiger partial charge in [0.05, 0.1) is 5.60 Å². The first-order valence-corrected chi connectivity index (χ1v) is 6.16. The van der Waals surface area contributed by atoms with Crippen LogP contribution in [0.3, 0.4) is 0 Å². The fourth-order valence-electron chi connectivity index (χ4n) is 1.79. The van der Waals surface area contributed by atoms with Crippen molar-refractivity contribution >= 4 is 0 Å². The zero-order valence-electron chi connectivity index (χ0n) is 11.9. The smallest absolute Gasteiger partial charge is 0.0695 e. The number of hydrogen-bond acceptors (Lipinski definition) is 1. The highest BCUT2D eigenvalue weighted by Crippen LogP contribution is 2.42. The molecule has 0 saturated heterocycles. The van der Waals surface area contributed by atoms with Crippen LogP contribution in [-0.2, 0) is 0 Å². The summed E-state index contributed by atoms with van der Waals surface area (Å²) in [6.45, 7) is 17.5. The minimum absolute atomic E-state index is 0.0404. The van der Waals surface area contributed by atoms with Gasteiger partial charge in [-0.25, -0.2) is 0 Å². The molecule has 0 rings (SSSR count). The van der Waals surface area contributed by atoms with Gasteiger partial charge in [0.2, 0.25) is 0 Å². The zero-order valence-corrected chi connectivity index (χ0v) is 11.9. The minimum Gasteiger partial charge on any atom is -0.389 e. The summed E-state index contributed by atoms with van der Waals surface area (Å²) in [5, 5.41) is 10.7. The molecule has 1 nitrogen and oxygen atoms in total. The first-order chi connectivity index (χ1) is 6.44. The van der Waals surface area contributed by atoms with Crippen LogP contribution in [0.2, 0.25) is 0 Å². The van der Waals surface area contributed by atoms with Gasteiger partial charge in [-0.3, -0.25) is 0 Å². The molecule has 0 radical (unpaired) electrons. The standard InChI is InChI=1S/C14H30O/c1-9-14(15,13(6,7)8)10-11(2)12(3,4)5/h11,15H,9-10H2,1-8H3. The third-order valence-corrected chi connectivity index (χ3v) is 4.10. The van der Waals surface area contributed by atoms with Crippen LogP contribution >= 0.6 is 0 Å². The molecule has 2 atom stereocenters. The highest BCUT2D eigenvalue weighted by Gasteiger charge is 2.41. The molecule has 0 aliphatic heterocycles. The van der Waals surface area contributed by atoms with E-state index in [4.69, 9.17) is 0 Å². The average Bonchev–Trinajstić information content (AvgIpc) is 2.00. The van der Waals surface area contributed by atoms with Crippen LogP contribution in [0.15, 0.2) is 0 Å². The molecule has 1 heteroatoms. The van der Waals surface area contributed by atoms with Crippen LogP contribution in [-0.4, -0.2) is 10.7 Å². The van der Waals surface area contributed by atoms with Crippen molar-refractivity contribution in [3.63, 3.8) is 0 Å². The van der Waals surface area contributed by atoms with Gasteiger partial charge < -0.3 is 5.11 Å². The summed E-state index contributed by atoms with van der Waals surface area (Å²) in [7, 11) is 0. The molecule has 1 N–H and O–H groups in total. The van der Waals surface area contributed by atoms with E-state index in [1.807, 2.05) is 0 Å². The summed E-state index contributed by atoms with van der Waals surface area (Å²) in [4.78, 5) is 0. The molecular weight excluding hydrogens is 184 g/mol. The Morgan fingerprint density at radius 2 is 1.40 bits per heavy atom. The number of rotatable bonds is 3. The Balaban J connectivity index is 4.74. The molecule has 0 spiro atoms. The highest BCUT2D eigenvalue weighted by molar-refractivity contribution is 4.92. The Bertz CT molecular complexity index is 194. The van der Waals surface area contributed by atoms with Crippen molar-refractivity contribution in [2.45, 2.75) is 73.8 Å². The lowest BCUT2D eigenvalue weighted by atomic mass is 9.66. The quantitative estimate of drug-likeness (QED) is 0.745. The van der Waals surface area contributed by atoms with Gasteiger partial charge in [-0.1, -0.05) is 55.4 Å². The van der Waals surface area contributed by atoms with Gasteiger partial charge in [0.25, 0.3) is 0 Å². The van der Waals surface area contributed by atoms with Gasteiger partial charge in [-0.15, -0.1) is 0 Å². The lowest BCUT2D eigenvalue weighted by molar-refractivity contribution is -0.0862. The van der Waals surface area contributed by atoms with E-state index < -0.39 is 5.60 Å². The molecular formula is C14H30O. The molecule has 0 amide bonds. The van der Waals surface area contributed by atoms with Gasteiger partial charge >= 0.3 is 0 Å². The van der Waals surface area contributed by atoms with E-state index >= 15 is 0 Å². The van der Waals surface area contributed by atoms with Crippen LogP contribution in [0.1, 0.15) is 68.2 Å². The summed E-state index contributed by atoms with van der Waals surface area (Å²) < 4.78 is 0. The maximum Gasteiger partial charge on any atom is 0.0695 e. The van der Waals surface area contributed by atoms with E-state index in [-0.39, 0.29) is 10.8 Å². The molecule has 0 aliphatic rings. The molecule has 0 bridgehead atoms. The third kappa shape index (κ3) is 3.79. The van der Waals surface area contributed by atoms with Gasteiger partial charge in [-0.2, -0.15) is 0 Å². The average molecular weight is 214 g/mol. The first-order valence-electron chi connectivity index (χ1n) is 6.16. The Morgan fingerprint density at radius 1 is 1.00 bits per heavy atom. The maximum absolute atomic E-state index is 10.7. The van der Waals surface area contributed by atoms with Crippen molar-refractivity contribution in [1.29, 1.82) is 0 Å². The maximum atomic E-state index is 10.7. The predicted octanol–water partition coefficient (Wildman–Crippen LogP) is 4.25. The topological polar surface area (TPSA) is 20.2 Å². The molecule has 15 heavy (non-hydrogen) atoms. The van der Waals surface area contributed by atoms with Crippen molar-refractivity contribution in [3.8, 4) is 0 Å². The molecule has 92 valence electrons. The van der Waals surface area contributed by atoms with Crippen LogP contribution < -0.4 is 0 Å². The number of aliphatic hydroxyl groups is 1. The van der Waals surface area contributed by atoms with Crippen molar-refractivity contribution in [2.24, 2.45) is 16.7 Å². The second-order valence-corrected chi connectivity index (χ2v) is 7.11. The number of hydrogen-bond donors (Lipinski definition) is 1. The Kier molecular flexibility index (Phi) is 4.44. The predicted molar refractivity (Wildman–Crippen MR) is 67.9 cm³/mol. The van der Waals surface area contributed by atoms with Crippen molar-refractivity contribution < 1.29 is 5.11 Å².